The van der Waals surface area contributed by atoms with Gasteiger partial charge >= 0.3 is 0 Å². The van der Waals surface area contributed by atoms with Crippen molar-refractivity contribution in [2.75, 3.05) is 0 Å². The van der Waals surface area contributed by atoms with Crippen molar-refractivity contribution >= 4 is 18.7 Å². The molecule has 0 aliphatic carbocycles. The lowest BCUT2D eigenvalue weighted by Gasteiger charge is -2.43. The zero-order chi connectivity index (χ0) is 23.0. The average molecular weight is 445 g/mol. The van der Waals surface area contributed by atoms with Gasteiger partial charge in [-0.15, -0.1) is 0 Å². The molecule has 0 heterocycles. The Morgan fingerprint density at radius 3 is 1.81 bits per heavy atom. The highest BCUT2D eigenvalue weighted by atomic mass is 28.4. The van der Waals surface area contributed by atoms with Gasteiger partial charge in [0.25, 0.3) is 8.32 Å². The lowest BCUT2D eigenvalue weighted by molar-refractivity contribution is -0.0495. The Morgan fingerprint density at radius 1 is 0.875 bits per heavy atom. The Kier molecular flexibility index (Phi) is 8.24. The van der Waals surface area contributed by atoms with E-state index in [0.29, 0.717) is 6.42 Å². The summed E-state index contributed by atoms with van der Waals surface area (Å²) in [6.45, 7) is 8.58. The molecule has 0 saturated carbocycles. The number of aliphatic hydroxyl groups excluding tert-OH is 1. The maximum absolute atomic E-state index is 11.5. The zero-order valence-corrected chi connectivity index (χ0v) is 20.8. The Labute approximate surface area is 194 Å². The highest BCUT2D eigenvalue weighted by Gasteiger charge is 2.44. The molecule has 3 aromatic rings. The van der Waals surface area contributed by atoms with E-state index in [1.165, 1.54) is 15.9 Å². The molecule has 2 atom stereocenters. The highest BCUT2D eigenvalue weighted by Crippen LogP contribution is 2.29. The molecule has 0 saturated heterocycles. The molecule has 0 bridgehead atoms. The van der Waals surface area contributed by atoms with Gasteiger partial charge < -0.3 is 9.53 Å². The first-order valence-corrected chi connectivity index (χ1v) is 13.9. The Balaban J connectivity index is 2.00. The Morgan fingerprint density at radius 2 is 1.34 bits per heavy atom. The maximum Gasteiger partial charge on any atom is 0.253 e. The van der Waals surface area contributed by atoms with Gasteiger partial charge in [-0.1, -0.05) is 103 Å². The molecule has 0 spiro atoms. The van der Waals surface area contributed by atoms with E-state index in [1.807, 2.05) is 30.3 Å². The van der Waals surface area contributed by atoms with Crippen LogP contribution in [0.2, 0.25) is 6.55 Å². The van der Waals surface area contributed by atoms with Crippen LogP contribution in [0.4, 0.5) is 0 Å². The molecule has 3 heteroatoms. The fraction of sp³-hybridized carbons (Fsp3) is 0.310. The van der Waals surface area contributed by atoms with Crippen LogP contribution < -0.4 is 10.4 Å². The molecule has 2 nitrogen and oxygen atoms in total. The summed E-state index contributed by atoms with van der Waals surface area (Å²) in [5, 5.41) is 13.9. The molecular weight excluding hydrogens is 408 g/mol. The Hall–Kier alpha value is -2.46. The molecule has 0 unspecified atom stereocenters. The summed E-state index contributed by atoms with van der Waals surface area (Å²) in [6, 6.07) is 31.3. The molecular formula is C29H36O2Si. The number of hydrogen-bond acceptors (Lipinski definition) is 2. The minimum absolute atomic E-state index is 0.570. The summed E-state index contributed by atoms with van der Waals surface area (Å²) < 4.78 is 7.17. The van der Waals surface area contributed by atoms with Crippen molar-refractivity contribution in [2.45, 2.75) is 58.3 Å². The predicted octanol–water partition coefficient (Wildman–Crippen LogP) is 5.50. The highest BCUT2D eigenvalue weighted by molar-refractivity contribution is 6.96. The summed E-state index contributed by atoms with van der Waals surface area (Å²) in [7, 11) is -2.57. The van der Waals surface area contributed by atoms with Gasteiger partial charge in [-0.3, -0.25) is 0 Å². The molecule has 0 aromatic heterocycles. The molecule has 0 aliphatic rings. The first-order valence-electron chi connectivity index (χ1n) is 11.5. The summed E-state index contributed by atoms with van der Waals surface area (Å²) in [4.78, 5) is 0. The van der Waals surface area contributed by atoms with Gasteiger partial charge in [0, 0.05) is 6.42 Å². The fourth-order valence-electron chi connectivity index (χ4n) is 4.25. The third-order valence-corrected chi connectivity index (χ3v) is 10.0. The second-order valence-electron chi connectivity index (χ2n) is 9.21. The SMILES string of the molecule is CC(C)=CCC[C@](C)(O[Si](C)(c1ccccc1)c1ccccc1)[C@H](O)Cc1ccccc1. The van der Waals surface area contributed by atoms with E-state index >= 15 is 0 Å². The fourth-order valence-corrected chi connectivity index (χ4v) is 7.65. The van der Waals surface area contributed by atoms with Crippen LogP contribution in [0.15, 0.2) is 103 Å². The third kappa shape index (κ3) is 6.07. The van der Waals surface area contributed by atoms with Crippen LogP contribution in [0.1, 0.15) is 39.2 Å². The van der Waals surface area contributed by atoms with Crippen LogP contribution in [0.3, 0.4) is 0 Å². The molecule has 32 heavy (non-hydrogen) atoms. The number of rotatable bonds is 10. The van der Waals surface area contributed by atoms with Gasteiger partial charge in [-0.05, 0) is 56.1 Å². The van der Waals surface area contributed by atoms with Gasteiger partial charge in [0.1, 0.15) is 0 Å². The van der Waals surface area contributed by atoms with E-state index in [0.717, 1.165) is 18.4 Å². The van der Waals surface area contributed by atoms with E-state index in [2.05, 4.69) is 94.1 Å². The quantitative estimate of drug-likeness (QED) is 0.330. The standard InChI is InChI=1S/C29H36O2Si/c1-24(2)15-14-22-29(3,28(30)23-25-16-8-5-9-17-25)31-32(4,26-18-10-6-11-19-26)27-20-12-7-13-21-27/h5-13,15-21,28,30H,14,22-23H2,1-4H3/t28-,29+/m1/s1. The van der Waals surface area contributed by atoms with Crippen LogP contribution in [-0.2, 0) is 10.8 Å². The van der Waals surface area contributed by atoms with Gasteiger partial charge in [0.15, 0.2) is 0 Å². The lowest BCUT2D eigenvalue weighted by Crippen LogP contribution is -2.64. The first-order chi connectivity index (χ1) is 15.3. The number of benzene rings is 3. The summed E-state index contributed by atoms with van der Waals surface area (Å²) in [6.07, 6.45) is 3.82. The monoisotopic (exact) mass is 444 g/mol. The van der Waals surface area contributed by atoms with E-state index in [4.69, 9.17) is 4.43 Å². The molecule has 3 aromatic carbocycles. The molecule has 0 fully saturated rings. The molecule has 1 N–H and O–H groups in total. The molecule has 0 aliphatic heterocycles. The summed E-state index contributed by atoms with van der Waals surface area (Å²) in [5.74, 6) is 0. The van der Waals surface area contributed by atoms with Crippen LogP contribution in [0, 0.1) is 0 Å². The van der Waals surface area contributed by atoms with Gasteiger partial charge in [-0.2, -0.15) is 0 Å². The normalized spacial score (nSPS) is 14.4. The van der Waals surface area contributed by atoms with E-state index in [-0.39, 0.29) is 0 Å². The van der Waals surface area contributed by atoms with E-state index in [9.17, 15) is 5.11 Å². The van der Waals surface area contributed by atoms with Crippen molar-refractivity contribution in [3.8, 4) is 0 Å². The average Bonchev–Trinajstić information content (AvgIpc) is 2.80. The second kappa shape index (κ2) is 10.9. The molecule has 168 valence electrons. The summed E-state index contributed by atoms with van der Waals surface area (Å²) >= 11 is 0. The van der Waals surface area contributed by atoms with Crippen LogP contribution >= 0.6 is 0 Å². The molecule has 0 radical (unpaired) electrons. The molecule has 0 amide bonds. The van der Waals surface area contributed by atoms with Crippen LogP contribution in [-0.4, -0.2) is 25.1 Å². The maximum atomic E-state index is 11.5. The van der Waals surface area contributed by atoms with Crippen LogP contribution in [0.25, 0.3) is 0 Å². The van der Waals surface area contributed by atoms with Crippen molar-refractivity contribution in [1.82, 2.24) is 0 Å². The number of hydrogen-bond donors (Lipinski definition) is 1. The minimum Gasteiger partial charge on any atom is -0.400 e. The largest absolute Gasteiger partial charge is 0.400 e. The number of aliphatic hydroxyl groups is 1. The van der Waals surface area contributed by atoms with Crippen molar-refractivity contribution in [3.05, 3.63) is 108 Å². The third-order valence-electron chi connectivity index (χ3n) is 6.26. The van der Waals surface area contributed by atoms with Crippen LogP contribution in [0.5, 0.6) is 0 Å². The van der Waals surface area contributed by atoms with E-state index in [1.54, 1.807) is 0 Å². The smallest absolute Gasteiger partial charge is 0.253 e. The van der Waals surface area contributed by atoms with Crippen molar-refractivity contribution < 1.29 is 9.53 Å². The second-order valence-corrected chi connectivity index (χ2v) is 12.6. The first kappa shape index (κ1) is 24.2. The van der Waals surface area contributed by atoms with Gasteiger partial charge in [-0.25, -0.2) is 0 Å². The summed E-state index contributed by atoms with van der Waals surface area (Å²) in [5.41, 5.74) is 1.73. The van der Waals surface area contributed by atoms with Crippen molar-refractivity contribution in [1.29, 1.82) is 0 Å². The topological polar surface area (TPSA) is 29.5 Å². The van der Waals surface area contributed by atoms with Crippen molar-refractivity contribution in [2.24, 2.45) is 0 Å². The zero-order valence-electron chi connectivity index (χ0n) is 19.8. The predicted molar refractivity (Wildman–Crippen MR) is 138 cm³/mol. The van der Waals surface area contributed by atoms with Crippen molar-refractivity contribution in [3.63, 3.8) is 0 Å². The lowest BCUT2D eigenvalue weighted by atomic mass is 9.89. The molecule has 3 rings (SSSR count). The van der Waals surface area contributed by atoms with Gasteiger partial charge in [0.05, 0.1) is 11.7 Å². The van der Waals surface area contributed by atoms with Gasteiger partial charge in [0.2, 0.25) is 0 Å². The minimum atomic E-state index is -2.57. The Bertz CT molecular complexity index is 942. The van der Waals surface area contributed by atoms with E-state index < -0.39 is 20.0 Å². The number of allylic oxidation sites excluding steroid dienone is 2.